The van der Waals surface area contributed by atoms with Gasteiger partial charge in [-0.3, -0.25) is 0 Å². The summed E-state index contributed by atoms with van der Waals surface area (Å²) in [4.78, 5) is -1.44. The lowest BCUT2D eigenvalue weighted by molar-refractivity contribution is -0.709. The molecule has 0 fully saturated rings. The van der Waals surface area contributed by atoms with Gasteiger partial charge in [0.05, 0.1) is 34.0 Å². The average molecular weight is 547 g/mol. The number of anilines is 2. The Morgan fingerprint density at radius 2 is 0.833 bits per heavy atom. The molecule has 206 valence electrons. The van der Waals surface area contributed by atoms with Gasteiger partial charge in [-0.1, -0.05) is 12.1 Å². The van der Waals surface area contributed by atoms with Crippen molar-refractivity contribution in [2.45, 2.75) is 89.3 Å². The van der Waals surface area contributed by atoms with Gasteiger partial charge in [-0.15, -0.1) is 0 Å². The summed E-state index contributed by atoms with van der Waals surface area (Å²) in [5, 5.41) is 4.67. The maximum atomic E-state index is 11.3. The van der Waals surface area contributed by atoms with Gasteiger partial charge in [-0.05, 0) is 79.7 Å². The molecule has 2 rings (SSSR count). The minimum Gasteiger partial charge on any atom is -0.744 e. The largest absolute Gasteiger partial charge is 0.744 e. The van der Waals surface area contributed by atoms with Gasteiger partial charge in [0.15, 0.2) is 0 Å². The first-order valence-corrected chi connectivity index (χ1v) is 14.5. The van der Waals surface area contributed by atoms with Gasteiger partial charge in [0, 0.05) is 22.5 Å². The summed E-state index contributed by atoms with van der Waals surface area (Å²) in [5.74, 6) is 0. The second kappa shape index (κ2) is 14.5. The van der Waals surface area contributed by atoms with Crippen molar-refractivity contribution in [2.75, 3.05) is 11.5 Å². The molecule has 2 aromatic carbocycles. The molecule has 0 aliphatic carbocycles. The summed E-state index contributed by atoms with van der Waals surface area (Å²) < 4.78 is 68.1. The van der Waals surface area contributed by atoms with E-state index < -0.39 is 30.0 Å². The Morgan fingerprint density at radius 3 is 1.00 bits per heavy atom. The van der Waals surface area contributed by atoms with E-state index in [4.69, 9.17) is 11.5 Å². The highest BCUT2D eigenvalue weighted by atomic mass is 32.2. The third-order valence-corrected chi connectivity index (χ3v) is 6.13. The first-order chi connectivity index (χ1) is 16.2. The smallest absolute Gasteiger partial charge is 0.125 e. The van der Waals surface area contributed by atoms with Crippen molar-refractivity contribution in [2.24, 2.45) is 0 Å². The molecule has 0 atom stereocenters. The second-order valence-electron chi connectivity index (χ2n) is 9.78. The van der Waals surface area contributed by atoms with Crippen LogP contribution in [-0.2, 0) is 20.2 Å². The molecule has 0 saturated carbocycles. The summed E-state index contributed by atoms with van der Waals surface area (Å²) in [6.45, 7) is 17.7. The molecule has 10 nitrogen and oxygen atoms in total. The van der Waals surface area contributed by atoms with E-state index in [0.717, 1.165) is 48.4 Å². The van der Waals surface area contributed by atoms with Crippen LogP contribution in [0.4, 0.5) is 11.4 Å². The zero-order chi connectivity index (χ0) is 28.4. The topological polar surface area (TPSA) is 200 Å². The molecule has 2 aromatic rings. The number of benzene rings is 2. The van der Waals surface area contributed by atoms with Crippen molar-refractivity contribution < 1.29 is 36.6 Å². The van der Waals surface area contributed by atoms with Crippen LogP contribution in [0, 0.1) is 0 Å². The Balaban J connectivity index is 0.000000720. The summed E-state index contributed by atoms with van der Waals surface area (Å²) in [6.07, 6.45) is 0. The zero-order valence-electron chi connectivity index (χ0n) is 22.3. The van der Waals surface area contributed by atoms with E-state index in [-0.39, 0.29) is 22.5 Å². The Bertz CT molecular complexity index is 1070. The monoisotopic (exact) mass is 546 g/mol. The second-order valence-corrected chi connectivity index (χ2v) is 12.5. The summed E-state index contributed by atoms with van der Waals surface area (Å²) in [6, 6.07) is 9.66. The van der Waals surface area contributed by atoms with Crippen LogP contribution in [0.25, 0.3) is 11.1 Å². The Labute approximate surface area is 216 Å². The Hall–Kier alpha value is -2.22. The minimum absolute atomic E-state index is 0.000139. The zero-order valence-corrected chi connectivity index (χ0v) is 24.0. The summed E-state index contributed by atoms with van der Waals surface area (Å²) in [5.41, 5.74) is 10.4. The van der Waals surface area contributed by atoms with Gasteiger partial charge in [0.25, 0.3) is 0 Å². The lowest BCUT2D eigenvalue weighted by atomic mass is 10.0. The van der Waals surface area contributed by atoms with E-state index in [0.29, 0.717) is 0 Å². The Morgan fingerprint density at radius 1 is 0.583 bits per heavy atom. The molecule has 0 radical (unpaired) electrons. The van der Waals surface area contributed by atoms with Crippen molar-refractivity contribution in [3.05, 3.63) is 36.4 Å². The molecule has 0 unspecified atom stereocenters. The number of hydrogen-bond acceptors (Lipinski definition) is 8. The SMILES string of the molecule is CC(C)[NH2+]C(C)C.CC(C)[NH2+]C(C)C.Nc1ccc(-c2ccc(N)cc2S(=O)(=O)[O-])c(S(=O)(=O)[O-])c1. The van der Waals surface area contributed by atoms with Gasteiger partial charge >= 0.3 is 0 Å². The standard InChI is InChI=1S/C12H12N2O6S2.2C6H15N/c13-7-1-3-9(11(5-7)21(15,16)17)10-4-2-8(14)6-12(10)22(18,19)20;2*1-5(2)7-6(3)4/h1-6H,13-14H2,(H,15,16,17)(H,18,19,20);2*5-7H,1-4H3. The maximum absolute atomic E-state index is 11.3. The van der Waals surface area contributed by atoms with E-state index in [1.54, 1.807) is 0 Å². The fourth-order valence-electron chi connectivity index (χ4n) is 3.48. The number of nitrogens with two attached hydrogens (primary N) is 4. The molecule has 0 saturated heterocycles. The number of rotatable bonds is 7. The molecule has 0 aliphatic heterocycles. The van der Waals surface area contributed by atoms with E-state index in [1.807, 2.05) is 0 Å². The predicted octanol–water partition coefficient (Wildman–Crippen LogP) is 1.06. The van der Waals surface area contributed by atoms with Crippen LogP contribution in [-0.4, -0.2) is 50.1 Å². The van der Waals surface area contributed by atoms with Crippen molar-refractivity contribution >= 4 is 31.6 Å². The fraction of sp³-hybridized carbons (Fsp3) is 0.500. The third-order valence-electron chi connectivity index (χ3n) is 4.38. The molecule has 0 amide bonds. The normalized spacial score (nSPS) is 11.8. The van der Waals surface area contributed by atoms with Crippen LogP contribution in [0.5, 0.6) is 0 Å². The van der Waals surface area contributed by atoms with Gasteiger partial charge in [-0.2, -0.15) is 0 Å². The lowest BCUT2D eigenvalue weighted by Crippen LogP contribution is -2.92. The quantitative estimate of drug-likeness (QED) is 0.291. The lowest BCUT2D eigenvalue weighted by Gasteiger charge is -2.18. The van der Waals surface area contributed by atoms with E-state index in [2.05, 4.69) is 66.0 Å². The molecular formula is C24H42N4O6S2. The van der Waals surface area contributed by atoms with E-state index in [9.17, 15) is 25.9 Å². The summed E-state index contributed by atoms with van der Waals surface area (Å²) >= 11 is 0. The molecule has 36 heavy (non-hydrogen) atoms. The highest BCUT2D eigenvalue weighted by Crippen LogP contribution is 2.34. The molecule has 12 heteroatoms. The minimum atomic E-state index is -4.93. The van der Waals surface area contributed by atoms with Crippen molar-refractivity contribution in [1.82, 2.24) is 0 Å². The van der Waals surface area contributed by atoms with Crippen molar-refractivity contribution in [1.29, 1.82) is 0 Å². The van der Waals surface area contributed by atoms with Crippen molar-refractivity contribution in [3.8, 4) is 11.1 Å². The number of nitrogen functional groups attached to an aromatic ring is 2. The molecule has 0 aromatic heterocycles. The van der Waals surface area contributed by atoms with Crippen LogP contribution in [0.15, 0.2) is 46.2 Å². The van der Waals surface area contributed by atoms with Crippen LogP contribution in [0.2, 0.25) is 0 Å². The first-order valence-electron chi connectivity index (χ1n) is 11.7. The van der Waals surface area contributed by atoms with Crippen LogP contribution >= 0.6 is 0 Å². The van der Waals surface area contributed by atoms with Gasteiger partial charge in [0.1, 0.15) is 20.2 Å². The molecular weight excluding hydrogens is 504 g/mol. The van der Waals surface area contributed by atoms with Crippen LogP contribution in [0.1, 0.15) is 55.4 Å². The van der Waals surface area contributed by atoms with Crippen molar-refractivity contribution in [3.63, 3.8) is 0 Å². The number of quaternary nitrogens is 2. The average Bonchev–Trinajstić information content (AvgIpc) is 2.65. The van der Waals surface area contributed by atoms with E-state index in [1.165, 1.54) is 12.1 Å². The fourth-order valence-corrected chi connectivity index (χ4v) is 4.93. The van der Waals surface area contributed by atoms with E-state index >= 15 is 0 Å². The van der Waals surface area contributed by atoms with Gasteiger partial charge in [0.2, 0.25) is 0 Å². The third kappa shape index (κ3) is 13.2. The molecule has 0 aliphatic rings. The van der Waals surface area contributed by atoms with Crippen LogP contribution in [0.3, 0.4) is 0 Å². The highest BCUT2D eigenvalue weighted by Gasteiger charge is 2.17. The summed E-state index contributed by atoms with van der Waals surface area (Å²) in [7, 11) is -9.87. The van der Waals surface area contributed by atoms with Gasteiger partial charge in [-0.25, -0.2) is 16.8 Å². The molecule has 0 spiro atoms. The number of hydrogen-bond donors (Lipinski definition) is 4. The molecule has 0 heterocycles. The molecule has 0 bridgehead atoms. The first kappa shape index (κ1) is 33.8. The van der Waals surface area contributed by atoms with Gasteiger partial charge < -0.3 is 31.2 Å². The Kier molecular flexibility index (Phi) is 13.6. The highest BCUT2D eigenvalue weighted by molar-refractivity contribution is 7.86. The molecule has 8 N–H and O–H groups in total. The predicted molar refractivity (Wildman–Crippen MR) is 141 cm³/mol. The maximum Gasteiger partial charge on any atom is 0.125 e. The van der Waals surface area contributed by atoms with Crippen LogP contribution < -0.4 is 22.1 Å².